The van der Waals surface area contributed by atoms with Crippen LogP contribution in [0.2, 0.25) is 0 Å². The molecule has 0 saturated heterocycles. The molecule has 0 aromatic heterocycles. The van der Waals surface area contributed by atoms with E-state index in [0.29, 0.717) is 42.4 Å². The number of Topliss-reactive ketones (excluding diaryl/α,β-unsaturated/α-hetero) is 1. The van der Waals surface area contributed by atoms with Crippen LogP contribution >= 0.6 is 0 Å². The van der Waals surface area contributed by atoms with E-state index in [1.165, 1.54) is 6.92 Å². The van der Waals surface area contributed by atoms with Crippen molar-refractivity contribution in [3.8, 4) is 5.75 Å². The van der Waals surface area contributed by atoms with E-state index >= 15 is 0 Å². The van der Waals surface area contributed by atoms with Crippen molar-refractivity contribution in [3.63, 3.8) is 0 Å². The molecule has 0 fully saturated rings. The molecule has 1 amide bonds. The number of nitrogens with zero attached hydrogens (tertiary/aromatic N) is 1. The molecule has 0 aliphatic carbocycles. The van der Waals surface area contributed by atoms with Gasteiger partial charge in [0, 0.05) is 18.9 Å². The molecule has 2 rings (SSSR count). The fourth-order valence-corrected chi connectivity index (χ4v) is 2.40. The van der Waals surface area contributed by atoms with Crippen molar-refractivity contribution in [2.75, 3.05) is 18.0 Å². The lowest BCUT2D eigenvalue weighted by atomic mass is 10.0. The molecular weight excluding hydrogens is 268 g/mol. The van der Waals surface area contributed by atoms with Gasteiger partial charge in [0.05, 0.1) is 12.2 Å². The summed E-state index contributed by atoms with van der Waals surface area (Å²) in [4.78, 5) is 25.5. The van der Waals surface area contributed by atoms with Crippen molar-refractivity contribution < 1.29 is 14.3 Å². The summed E-state index contributed by atoms with van der Waals surface area (Å²) in [6.07, 6.45) is 0.265. The van der Waals surface area contributed by atoms with E-state index in [4.69, 9.17) is 10.5 Å². The molecule has 1 aromatic rings. The van der Waals surface area contributed by atoms with Gasteiger partial charge in [-0.3, -0.25) is 9.59 Å². The fourth-order valence-electron chi connectivity index (χ4n) is 2.40. The van der Waals surface area contributed by atoms with Crippen LogP contribution < -0.4 is 15.4 Å². The number of carbonyl (C=O) groups is 2. The molecule has 1 aromatic carbocycles. The molecule has 1 aliphatic rings. The van der Waals surface area contributed by atoms with Crippen molar-refractivity contribution in [1.29, 1.82) is 0 Å². The average Bonchev–Trinajstić information content (AvgIpc) is 2.45. The number of fused-ring (bicyclic) bond motifs is 1. The number of ketones is 1. The summed E-state index contributed by atoms with van der Waals surface area (Å²) in [7, 11) is 0. The highest BCUT2D eigenvalue weighted by Crippen LogP contribution is 2.36. The van der Waals surface area contributed by atoms with Gasteiger partial charge < -0.3 is 15.4 Å². The first-order chi connectivity index (χ1) is 9.93. The highest BCUT2D eigenvalue weighted by atomic mass is 16.5. The van der Waals surface area contributed by atoms with Crippen LogP contribution in [0.4, 0.5) is 5.69 Å². The second-order valence-electron chi connectivity index (χ2n) is 5.67. The number of rotatable bonds is 4. The minimum atomic E-state index is -0.0476. The van der Waals surface area contributed by atoms with Crippen molar-refractivity contribution in [2.24, 2.45) is 11.7 Å². The Morgan fingerprint density at radius 1 is 1.43 bits per heavy atom. The Bertz CT molecular complexity index is 554. The summed E-state index contributed by atoms with van der Waals surface area (Å²) in [5.74, 6) is 0.890. The van der Waals surface area contributed by atoms with Crippen molar-refractivity contribution >= 4 is 17.4 Å². The highest BCUT2D eigenvalue weighted by molar-refractivity contribution is 6.00. The first-order valence-corrected chi connectivity index (χ1v) is 7.26. The maximum Gasteiger partial charge on any atom is 0.224 e. The number of anilines is 1. The van der Waals surface area contributed by atoms with Crippen LogP contribution in [0.5, 0.6) is 5.75 Å². The quantitative estimate of drug-likeness (QED) is 0.861. The first kappa shape index (κ1) is 15.5. The molecule has 2 N–H and O–H groups in total. The second kappa shape index (κ2) is 6.26. The van der Waals surface area contributed by atoms with Gasteiger partial charge in [0.15, 0.2) is 5.78 Å². The van der Waals surface area contributed by atoms with Gasteiger partial charge in [-0.1, -0.05) is 13.8 Å². The monoisotopic (exact) mass is 290 g/mol. The molecule has 0 saturated carbocycles. The molecule has 21 heavy (non-hydrogen) atoms. The first-order valence-electron chi connectivity index (χ1n) is 7.26. The molecule has 0 radical (unpaired) electrons. The summed E-state index contributed by atoms with van der Waals surface area (Å²) >= 11 is 0. The van der Waals surface area contributed by atoms with Crippen LogP contribution in [0, 0.1) is 5.92 Å². The standard InChI is InChI=1S/C16H22N2O3/c1-10(2)16-9-18(11(3)19)13-8-12(14(20)6-7-17)4-5-15(13)21-16/h4-5,8,10,16H,6-7,9,17H2,1-3H3. The molecule has 1 aliphatic heterocycles. The van der Waals surface area contributed by atoms with Gasteiger partial charge in [-0.2, -0.15) is 0 Å². The molecule has 5 nitrogen and oxygen atoms in total. The summed E-state index contributed by atoms with van der Waals surface area (Å²) < 4.78 is 5.94. The Hall–Kier alpha value is -1.88. The lowest BCUT2D eigenvalue weighted by Crippen LogP contribution is -2.45. The summed E-state index contributed by atoms with van der Waals surface area (Å²) in [6, 6.07) is 5.23. The lowest BCUT2D eigenvalue weighted by molar-refractivity contribution is -0.117. The zero-order valence-electron chi connectivity index (χ0n) is 12.8. The predicted molar refractivity (Wildman–Crippen MR) is 81.7 cm³/mol. The number of carbonyl (C=O) groups excluding carboxylic acids is 2. The van der Waals surface area contributed by atoms with Crippen LogP contribution in [0.25, 0.3) is 0 Å². The Balaban J connectivity index is 2.38. The second-order valence-corrected chi connectivity index (χ2v) is 5.67. The van der Waals surface area contributed by atoms with Gasteiger partial charge in [-0.15, -0.1) is 0 Å². The molecule has 1 unspecified atom stereocenters. The van der Waals surface area contributed by atoms with Crippen molar-refractivity contribution in [2.45, 2.75) is 33.3 Å². The summed E-state index contributed by atoms with van der Waals surface area (Å²) in [6.45, 7) is 6.48. The molecule has 0 spiro atoms. The van der Waals surface area contributed by atoms with E-state index in [1.54, 1.807) is 23.1 Å². The molecule has 5 heteroatoms. The van der Waals surface area contributed by atoms with Crippen molar-refractivity contribution in [3.05, 3.63) is 23.8 Å². The number of benzene rings is 1. The number of nitrogens with two attached hydrogens (primary N) is 1. The van der Waals surface area contributed by atoms with Gasteiger partial charge in [0.1, 0.15) is 11.9 Å². The molecule has 1 heterocycles. The van der Waals surface area contributed by atoms with Crippen LogP contribution in [0.1, 0.15) is 37.6 Å². The zero-order valence-corrected chi connectivity index (χ0v) is 12.8. The summed E-state index contributed by atoms with van der Waals surface area (Å²) in [5.41, 5.74) is 6.66. The van der Waals surface area contributed by atoms with E-state index in [9.17, 15) is 9.59 Å². The minimum absolute atomic E-state index is 0.0187. The molecular formula is C16H22N2O3. The molecule has 114 valence electrons. The number of hydrogen-bond acceptors (Lipinski definition) is 4. The predicted octanol–water partition coefficient (Wildman–Crippen LogP) is 1.99. The van der Waals surface area contributed by atoms with E-state index in [0.717, 1.165) is 0 Å². The Morgan fingerprint density at radius 3 is 2.71 bits per heavy atom. The number of hydrogen-bond donors (Lipinski definition) is 1. The van der Waals surface area contributed by atoms with E-state index < -0.39 is 0 Å². The molecule has 1 atom stereocenters. The van der Waals surface area contributed by atoms with Crippen molar-refractivity contribution in [1.82, 2.24) is 0 Å². The largest absolute Gasteiger partial charge is 0.486 e. The third kappa shape index (κ3) is 3.24. The Morgan fingerprint density at radius 2 is 2.14 bits per heavy atom. The third-order valence-corrected chi connectivity index (χ3v) is 3.71. The van der Waals surface area contributed by atoms with Gasteiger partial charge in [0.25, 0.3) is 0 Å². The minimum Gasteiger partial charge on any atom is -0.486 e. The van der Waals surface area contributed by atoms with Crippen LogP contribution in [-0.4, -0.2) is 30.9 Å². The Labute approximate surface area is 125 Å². The third-order valence-electron chi connectivity index (χ3n) is 3.71. The SMILES string of the molecule is CC(=O)N1CC(C(C)C)Oc2ccc(C(=O)CCN)cc21. The summed E-state index contributed by atoms with van der Waals surface area (Å²) in [5, 5.41) is 0. The Kier molecular flexibility index (Phi) is 4.63. The van der Waals surface area contributed by atoms with E-state index in [1.807, 2.05) is 0 Å². The van der Waals surface area contributed by atoms with Gasteiger partial charge in [0.2, 0.25) is 5.91 Å². The maximum absolute atomic E-state index is 12.0. The average molecular weight is 290 g/mol. The van der Waals surface area contributed by atoms with Gasteiger partial charge in [-0.25, -0.2) is 0 Å². The normalized spacial score (nSPS) is 17.4. The zero-order chi connectivity index (χ0) is 15.6. The van der Waals surface area contributed by atoms with Gasteiger partial charge >= 0.3 is 0 Å². The molecule has 0 bridgehead atoms. The van der Waals surface area contributed by atoms with E-state index in [-0.39, 0.29) is 17.8 Å². The fraction of sp³-hybridized carbons (Fsp3) is 0.500. The van der Waals surface area contributed by atoms with Crippen LogP contribution in [0.15, 0.2) is 18.2 Å². The number of ether oxygens (including phenoxy) is 1. The van der Waals surface area contributed by atoms with Crippen LogP contribution in [0.3, 0.4) is 0 Å². The lowest BCUT2D eigenvalue weighted by Gasteiger charge is -2.36. The maximum atomic E-state index is 12.0. The van der Waals surface area contributed by atoms with Crippen LogP contribution in [-0.2, 0) is 4.79 Å². The highest BCUT2D eigenvalue weighted by Gasteiger charge is 2.30. The van der Waals surface area contributed by atoms with E-state index in [2.05, 4.69) is 13.8 Å². The number of amides is 1. The van der Waals surface area contributed by atoms with Gasteiger partial charge in [-0.05, 0) is 30.7 Å². The smallest absolute Gasteiger partial charge is 0.224 e. The topological polar surface area (TPSA) is 72.6 Å².